The number of hydrogen-bond donors (Lipinski definition) is 2. The van der Waals surface area contributed by atoms with E-state index in [1.165, 1.54) is 0 Å². The highest BCUT2D eigenvalue weighted by molar-refractivity contribution is 6.01. The molecule has 0 aliphatic heterocycles. The summed E-state index contributed by atoms with van der Waals surface area (Å²) in [5, 5.41) is 0. The maximum Gasteiger partial charge on any atom is 0.329 e. The average Bonchev–Trinajstić information content (AvgIpc) is 2.68. The second-order valence-electron chi connectivity index (χ2n) is 6.10. The van der Waals surface area contributed by atoms with Crippen LogP contribution in [0, 0.1) is 0 Å². The number of ether oxygens (including phenoxy) is 2. The van der Waals surface area contributed by atoms with Gasteiger partial charge >= 0.3 is 11.7 Å². The minimum atomic E-state index is -0.894. The normalized spacial score (nSPS) is 10.5. The molecule has 0 saturated carbocycles. The molecule has 0 aliphatic rings. The van der Waals surface area contributed by atoms with Crippen LogP contribution < -0.4 is 21.7 Å². The van der Waals surface area contributed by atoms with E-state index in [0.717, 1.165) is 10.1 Å². The molecule has 28 heavy (non-hydrogen) atoms. The molecule has 150 valence electrons. The molecule has 0 spiro atoms. The van der Waals surface area contributed by atoms with Gasteiger partial charge in [-0.3, -0.25) is 23.9 Å². The van der Waals surface area contributed by atoms with Crippen molar-refractivity contribution in [3.8, 4) is 5.75 Å². The van der Waals surface area contributed by atoms with Crippen LogP contribution in [0.2, 0.25) is 0 Å². The monoisotopic (exact) mass is 389 g/mol. The Kier molecular flexibility index (Phi) is 7.14. The zero-order valence-corrected chi connectivity index (χ0v) is 15.8. The molecule has 0 unspecified atom stereocenters. The lowest BCUT2D eigenvalue weighted by Crippen LogP contribution is -2.37. The number of anilines is 1. The zero-order valence-electron chi connectivity index (χ0n) is 15.8. The predicted molar refractivity (Wildman–Crippen MR) is 103 cm³/mol. The van der Waals surface area contributed by atoms with Gasteiger partial charge in [0, 0.05) is 13.0 Å². The minimum absolute atomic E-state index is 0.0702. The van der Waals surface area contributed by atoms with Crippen LogP contribution in [0.5, 0.6) is 5.75 Å². The SMILES string of the molecule is CCCn1c(N)c(C(=O)COC(=O)CCc2ccc(OC)cc2)c(=O)[nH]c1=O. The van der Waals surface area contributed by atoms with Crippen LogP contribution in [0.1, 0.15) is 35.7 Å². The predicted octanol–water partition coefficient (Wildman–Crippen LogP) is 0.896. The number of carbonyl (C=O) groups excluding carboxylic acids is 2. The first kappa shape index (κ1) is 20.9. The molecule has 9 nitrogen and oxygen atoms in total. The Morgan fingerprint density at radius 1 is 1.18 bits per heavy atom. The molecule has 2 rings (SSSR count). The second kappa shape index (κ2) is 9.54. The lowest BCUT2D eigenvalue weighted by molar-refractivity contribution is -0.142. The fraction of sp³-hybridized carbons (Fsp3) is 0.368. The summed E-state index contributed by atoms with van der Waals surface area (Å²) < 4.78 is 11.1. The number of aromatic amines is 1. The molecule has 0 atom stereocenters. The summed E-state index contributed by atoms with van der Waals surface area (Å²) in [7, 11) is 1.57. The number of rotatable bonds is 9. The van der Waals surface area contributed by atoms with E-state index in [2.05, 4.69) is 4.98 Å². The third-order valence-electron chi connectivity index (χ3n) is 4.11. The molecule has 2 aromatic rings. The third-order valence-corrected chi connectivity index (χ3v) is 4.11. The standard InChI is InChI=1S/C19H23N3O6/c1-3-10-22-17(20)16(18(25)21-19(22)26)14(23)11-28-15(24)9-6-12-4-7-13(27-2)8-5-12/h4-5,7-8H,3,6,9-11,20H2,1-2H3,(H,21,25,26). The summed E-state index contributed by atoms with van der Waals surface area (Å²) in [6.45, 7) is 1.45. The highest BCUT2D eigenvalue weighted by Crippen LogP contribution is 2.13. The number of nitrogen functional groups attached to an aromatic ring is 1. The van der Waals surface area contributed by atoms with Crippen molar-refractivity contribution in [2.24, 2.45) is 0 Å². The van der Waals surface area contributed by atoms with Crippen LogP contribution in [-0.2, 0) is 22.5 Å². The van der Waals surface area contributed by atoms with Gasteiger partial charge in [-0.1, -0.05) is 19.1 Å². The van der Waals surface area contributed by atoms with Crippen LogP contribution in [0.15, 0.2) is 33.9 Å². The summed E-state index contributed by atoms with van der Waals surface area (Å²) in [6.07, 6.45) is 1.09. The zero-order chi connectivity index (χ0) is 20.7. The number of Topliss-reactive ketones (excluding diaryl/α,β-unsaturated/α-hetero) is 1. The average molecular weight is 389 g/mol. The molecule has 0 fully saturated rings. The number of ketones is 1. The Labute approximate surface area is 161 Å². The quantitative estimate of drug-likeness (QED) is 0.481. The topological polar surface area (TPSA) is 133 Å². The summed E-state index contributed by atoms with van der Waals surface area (Å²) in [6, 6.07) is 7.22. The Morgan fingerprint density at radius 2 is 1.86 bits per heavy atom. The van der Waals surface area contributed by atoms with Crippen LogP contribution in [-0.4, -0.2) is 35.0 Å². The summed E-state index contributed by atoms with van der Waals surface area (Å²) in [4.78, 5) is 50.0. The Balaban J connectivity index is 1.97. The van der Waals surface area contributed by atoms with Crippen LogP contribution >= 0.6 is 0 Å². The molecule has 0 radical (unpaired) electrons. The number of aryl methyl sites for hydroxylation is 1. The fourth-order valence-electron chi connectivity index (χ4n) is 2.63. The first-order chi connectivity index (χ1) is 13.4. The van der Waals surface area contributed by atoms with Gasteiger partial charge < -0.3 is 15.2 Å². The number of methoxy groups -OCH3 is 1. The number of nitrogens with two attached hydrogens (primary N) is 1. The van der Waals surface area contributed by atoms with E-state index in [-0.39, 0.29) is 24.3 Å². The Bertz CT molecular complexity index is 959. The Hall–Kier alpha value is -3.36. The molecule has 9 heteroatoms. The van der Waals surface area contributed by atoms with Crippen molar-refractivity contribution in [2.75, 3.05) is 19.5 Å². The number of aromatic nitrogens is 2. The second-order valence-corrected chi connectivity index (χ2v) is 6.10. The molecule has 0 amide bonds. The van der Waals surface area contributed by atoms with Crippen LogP contribution in [0.25, 0.3) is 0 Å². The highest BCUT2D eigenvalue weighted by atomic mass is 16.5. The number of carbonyl (C=O) groups is 2. The molecule has 0 aliphatic carbocycles. The fourth-order valence-corrected chi connectivity index (χ4v) is 2.63. The number of esters is 1. The maximum absolute atomic E-state index is 12.3. The molecule has 3 N–H and O–H groups in total. The largest absolute Gasteiger partial charge is 0.497 e. The number of hydrogen-bond acceptors (Lipinski definition) is 7. The molecule has 1 aromatic carbocycles. The Morgan fingerprint density at radius 3 is 2.46 bits per heavy atom. The van der Waals surface area contributed by atoms with E-state index in [0.29, 0.717) is 18.6 Å². The van der Waals surface area contributed by atoms with Crippen molar-refractivity contribution in [1.29, 1.82) is 0 Å². The minimum Gasteiger partial charge on any atom is -0.497 e. The molecular weight excluding hydrogens is 366 g/mol. The number of benzene rings is 1. The number of nitrogens with one attached hydrogen (secondary N) is 1. The molecule has 1 heterocycles. The van der Waals surface area contributed by atoms with Gasteiger partial charge in [0.2, 0.25) is 5.78 Å². The third kappa shape index (κ3) is 5.09. The summed E-state index contributed by atoms with van der Waals surface area (Å²) in [5.41, 5.74) is 4.77. The van der Waals surface area contributed by atoms with Gasteiger partial charge in [-0.05, 0) is 30.5 Å². The molecular formula is C19H23N3O6. The lowest BCUT2D eigenvalue weighted by atomic mass is 10.1. The van der Waals surface area contributed by atoms with Gasteiger partial charge in [0.15, 0.2) is 6.61 Å². The van der Waals surface area contributed by atoms with Crippen LogP contribution in [0.4, 0.5) is 5.82 Å². The maximum atomic E-state index is 12.3. The molecule has 1 aromatic heterocycles. The van der Waals surface area contributed by atoms with E-state index < -0.39 is 29.6 Å². The number of nitrogens with zero attached hydrogens (tertiary/aromatic N) is 1. The first-order valence-corrected chi connectivity index (χ1v) is 8.81. The van der Waals surface area contributed by atoms with Gasteiger partial charge in [0.1, 0.15) is 17.1 Å². The van der Waals surface area contributed by atoms with E-state index in [1.54, 1.807) is 19.2 Å². The summed E-state index contributed by atoms with van der Waals surface area (Å²) in [5.74, 6) is -0.860. The molecule has 0 bridgehead atoms. The van der Waals surface area contributed by atoms with Crippen LogP contribution in [0.3, 0.4) is 0 Å². The van der Waals surface area contributed by atoms with Gasteiger partial charge in [0.05, 0.1) is 7.11 Å². The van der Waals surface area contributed by atoms with Gasteiger partial charge in [0.25, 0.3) is 5.56 Å². The van der Waals surface area contributed by atoms with E-state index >= 15 is 0 Å². The summed E-state index contributed by atoms with van der Waals surface area (Å²) >= 11 is 0. The smallest absolute Gasteiger partial charge is 0.329 e. The van der Waals surface area contributed by atoms with Gasteiger partial charge in [-0.2, -0.15) is 0 Å². The van der Waals surface area contributed by atoms with Gasteiger partial charge in [-0.25, -0.2) is 4.79 Å². The number of H-pyrrole nitrogens is 1. The van der Waals surface area contributed by atoms with E-state index in [1.807, 2.05) is 19.1 Å². The highest BCUT2D eigenvalue weighted by Gasteiger charge is 2.20. The first-order valence-electron chi connectivity index (χ1n) is 8.81. The van der Waals surface area contributed by atoms with Crippen molar-refractivity contribution >= 4 is 17.6 Å². The van der Waals surface area contributed by atoms with Crippen molar-refractivity contribution in [2.45, 2.75) is 32.7 Å². The molecule has 0 saturated heterocycles. The van der Waals surface area contributed by atoms with E-state index in [9.17, 15) is 19.2 Å². The van der Waals surface area contributed by atoms with Crippen molar-refractivity contribution in [3.05, 3.63) is 56.2 Å². The lowest BCUT2D eigenvalue weighted by Gasteiger charge is -2.11. The van der Waals surface area contributed by atoms with Crippen molar-refractivity contribution in [3.63, 3.8) is 0 Å². The van der Waals surface area contributed by atoms with Crippen molar-refractivity contribution < 1.29 is 19.1 Å². The van der Waals surface area contributed by atoms with Crippen molar-refractivity contribution in [1.82, 2.24) is 9.55 Å². The van der Waals surface area contributed by atoms with Gasteiger partial charge in [-0.15, -0.1) is 0 Å². The van der Waals surface area contributed by atoms with E-state index in [4.69, 9.17) is 15.2 Å².